The molecule has 0 aromatic heterocycles. The van der Waals surface area contributed by atoms with E-state index >= 15 is 0 Å². The third kappa shape index (κ3) is 2.91. The Morgan fingerprint density at radius 2 is 2.00 bits per heavy atom. The fraction of sp³-hybridized carbons (Fsp3) is 0.571. The van der Waals surface area contributed by atoms with Crippen LogP contribution in [-0.4, -0.2) is 29.7 Å². The van der Waals surface area contributed by atoms with E-state index in [-0.39, 0.29) is 18.1 Å². The van der Waals surface area contributed by atoms with E-state index < -0.39 is 0 Å². The maximum absolute atomic E-state index is 9.43. The Labute approximate surface area is 124 Å². The van der Waals surface area contributed by atoms with Crippen LogP contribution in [0.3, 0.4) is 0 Å². The predicted octanol–water partition coefficient (Wildman–Crippen LogP) is 2.83. The lowest BCUT2D eigenvalue weighted by atomic mass is 9.93. The molecule has 19 heavy (non-hydrogen) atoms. The quantitative estimate of drug-likeness (QED) is 0.899. The summed E-state index contributed by atoms with van der Waals surface area (Å²) in [6.45, 7) is 6.19. The molecule has 1 heterocycles. The molecule has 2 rings (SSSR count). The van der Waals surface area contributed by atoms with Crippen LogP contribution in [0.2, 0.25) is 10.0 Å². The maximum Gasteiger partial charge on any atom is 0.0494 e. The molecule has 1 aliphatic heterocycles. The molecule has 1 atom stereocenters. The number of fused-ring (bicyclic) bond motifs is 1. The number of halogens is 2. The Bertz CT molecular complexity index is 477. The van der Waals surface area contributed by atoms with E-state index in [4.69, 9.17) is 28.9 Å². The number of nitrogens with zero attached hydrogens (tertiary/aromatic N) is 1. The van der Waals surface area contributed by atoms with E-state index in [1.54, 1.807) is 0 Å². The molecular formula is C14H20Cl2N2O. The van der Waals surface area contributed by atoms with Gasteiger partial charge in [-0.05, 0) is 23.3 Å². The molecule has 0 amide bonds. The second-order valence-corrected chi connectivity index (χ2v) is 6.71. The van der Waals surface area contributed by atoms with Crippen molar-refractivity contribution in [1.29, 1.82) is 0 Å². The van der Waals surface area contributed by atoms with Gasteiger partial charge < -0.3 is 10.8 Å². The van der Waals surface area contributed by atoms with Crippen LogP contribution in [0.25, 0.3) is 0 Å². The van der Waals surface area contributed by atoms with E-state index in [0.29, 0.717) is 6.54 Å². The first-order valence-electron chi connectivity index (χ1n) is 6.41. The first-order valence-corrected chi connectivity index (χ1v) is 7.17. The summed E-state index contributed by atoms with van der Waals surface area (Å²) >= 11 is 12.6. The van der Waals surface area contributed by atoms with Crippen molar-refractivity contribution in [3.05, 3.63) is 33.3 Å². The minimum Gasteiger partial charge on any atom is -0.396 e. The molecule has 0 saturated heterocycles. The van der Waals surface area contributed by atoms with Crippen molar-refractivity contribution in [3.63, 3.8) is 0 Å². The zero-order valence-corrected chi connectivity index (χ0v) is 12.8. The summed E-state index contributed by atoms with van der Waals surface area (Å²) in [6.07, 6.45) is 0. The fourth-order valence-electron chi connectivity index (χ4n) is 2.66. The number of hydrogen-bond donors (Lipinski definition) is 2. The van der Waals surface area contributed by atoms with Gasteiger partial charge in [0, 0.05) is 47.7 Å². The van der Waals surface area contributed by atoms with Gasteiger partial charge in [0.25, 0.3) is 0 Å². The first kappa shape index (κ1) is 15.1. The molecule has 3 N–H and O–H groups in total. The van der Waals surface area contributed by atoms with Gasteiger partial charge in [-0.2, -0.15) is 0 Å². The van der Waals surface area contributed by atoms with Crippen LogP contribution in [0.5, 0.6) is 0 Å². The number of aliphatic hydroxyl groups is 1. The molecule has 3 nitrogen and oxygen atoms in total. The average Bonchev–Trinajstić information content (AvgIpc) is 2.72. The smallest absolute Gasteiger partial charge is 0.0494 e. The van der Waals surface area contributed by atoms with Crippen LogP contribution in [0.1, 0.15) is 31.0 Å². The van der Waals surface area contributed by atoms with Crippen LogP contribution >= 0.6 is 23.2 Å². The largest absolute Gasteiger partial charge is 0.396 e. The Balaban J connectivity index is 2.33. The van der Waals surface area contributed by atoms with E-state index in [9.17, 15) is 5.11 Å². The molecule has 0 saturated carbocycles. The van der Waals surface area contributed by atoms with Gasteiger partial charge in [0.15, 0.2) is 0 Å². The minimum absolute atomic E-state index is 0.0759. The summed E-state index contributed by atoms with van der Waals surface area (Å²) in [5.74, 6) is 0. The summed E-state index contributed by atoms with van der Waals surface area (Å²) in [6, 6.07) is 3.73. The normalized spacial score (nSPS) is 19.8. The summed E-state index contributed by atoms with van der Waals surface area (Å²) < 4.78 is 0. The van der Waals surface area contributed by atoms with Gasteiger partial charge in [-0.15, -0.1) is 0 Å². The van der Waals surface area contributed by atoms with Crippen LogP contribution in [-0.2, 0) is 6.54 Å². The molecule has 5 heteroatoms. The topological polar surface area (TPSA) is 49.5 Å². The minimum atomic E-state index is -0.172. The number of aliphatic hydroxyl groups excluding tert-OH is 1. The highest BCUT2D eigenvalue weighted by atomic mass is 35.5. The van der Waals surface area contributed by atoms with Gasteiger partial charge >= 0.3 is 0 Å². The monoisotopic (exact) mass is 302 g/mol. The Morgan fingerprint density at radius 1 is 1.37 bits per heavy atom. The maximum atomic E-state index is 9.43. The average molecular weight is 303 g/mol. The lowest BCUT2D eigenvalue weighted by molar-refractivity contribution is 0.0846. The molecule has 1 aromatic rings. The van der Waals surface area contributed by atoms with Gasteiger partial charge in [-0.3, -0.25) is 4.90 Å². The lowest BCUT2D eigenvalue weighted by Crippen LogP contribution is -2.37. The highest BCUT2D eigenvalue weighted by Crippen LogP contribution is 2.42. The van der Waals surface area contributed by atoms with E-state index in [0.717, 1.165) is 34.3 Å². The fourth-order valence-corrected chi connectivity index (χ4v) is 3.19. The summed E-state index contributed by atoms with van der Waals surface area (Å²) in [5, 5.41) is 10.9. The van der Waals surface area contributed by atoms with Crippen LogP contribution < -0.4 is 5.73 Å². The zero-order chi connectivity index (χ0) is 14.2. The van der Waals surface area contributed by atoms with E-state index in [1.807, 2.05) is 26.0 Å². The lowest BCUT2D eigenvalue weighted by Gasteiger charge is -2.32. The molecule has 0 radical (unpaired) electrons. The van der Waals surface area contributed by atoms with Gasteiger partial charge in [0.1, 0.15) is 0 Å². The zero-order valence-electron chi connectivity index (χ0n) is 11.3. The van der Waals surface area contributed by atoms with Gasteiger partial charge in [0.05, 0.1) is 0 Å². The van der Waals surface area contributed by atoms with Crippen molar-refractivity contribution < 1.29 is 5.11 Å². The van der Waals surface area contributed by atoms with Crippen molar-refractivity contribution in [1.82, 2.24) is 4.90 Å². The molecule has 1 aromatic carbocycles. The van der Waals surface area contributed by atoms with Gasteiger partial charge in [-0.1, -0.05) is 37.0 Å². The van der Waals surface area contributed by atoms with Crippen molar-refractivity contribution >= 4 is 23.2 Å². The Hall–Kier alpha value is -0.320. The van der Waals surface area contributed by atoms with Crippen molar-refractivity contribution in [3.8, 4) is 0 Å². The molecule has 0 aliphatic carbocycles. The van der Waals surface area contributed by atoms with Gasteiger partial charge in [0.2, 0.25) is 0 Å². The molecule has 1 unspecified atom stereocenters. The standard InChI is InChI=1S/C14H20Cl2N2O/c1-14(2,8-19)7-18-6-9-10(15)3-4-11(16)13(9)12(18)5-17/h3-4,12,19H,5-8,17H2,1-2H3. The summed E-state index contributed by atoms with van der Waals surface area (Å²) in [7, 11) is 0. The van der Waals surface area contributed by atoms with Gasteiger partial charge in [-0.25, -0.2) is 0 Å². The Morgan fingerprint density at radius 3 is 2.58 bits per heavy atom. The molecule has 0 spiro atoms. The highest BCUT2D eigenvalue weighted by Gasteiger charge is 2.35. The molecular weight excluding hydrogens is 283 g/mol. The van der Waals surface area contributed by atoms with E-state index in [2.05, 4.69) is 4.90 Å². The first-order chi connectivity index (χ1) is 8.89. The van der Waals surface area contributed by atoms with Crippen molar-refractivity contribution in [2.24, 2.45) is 11.1 Å². The number of hydrogen-bond acceptors (Lipinski definition) is 3. The third-order valence-electron chi connectivity index (χ3n) is 3.66. The van der Waals surface area contributed by atoms with Crippen LogP contribution in [0.4, 0.5) is 0 Å². The Kier molecular flexibility index (Phi) is 4.43. The second-order valence-electron chi connectivity index (χ2n) is 5.90. The van der Waals surface area contributed by atoms with Crippen molar-refractivity contribution in [2.45, 2.75) is 26.4 Å². The molecule has 0 bridgehead atoms. The van der Waals surface area contributed by atoms with Crippen LogP contribution in [0.15, 0.2) is 12.1 Å². The molecule has 0 fully saturated rings. The van der Waals surface area contributed by atoms with Crippen molar-refractivity contribution in [2.75, 3.05) is 19.7 Å². The number of benzene rings is 1. The third-order valence-corrected chi connectivity index (χ3v) is 4.35. The summed E-state index contributed by atoms with van der Waals surface area (Å²) in [5.41, 5.74) is 7.85. The highest BCUT2D eigenvalue weighted by molar-refractivity contribution is 6.34. The predicted molar refractivity (Wildman–Crippen MR) is 79.5 cm³/mol. The number of nitrogens with two attached hydrogens (primary N) is 1. The van der Waals surface area contributed by atoms with E-state index in [1.165, 1.54) is 0 Å². The van der Waals surface area contributed by atoms with Crippen LogP contribution in [0, 0.1) is 5.41 Å². The SMILES string of the molecule is CC(C)(CO)CN1Cc2c(Cl)ccc(Cl)c2C1CN. The number of rotatable bonds is 4. The molecule has 106 valence electrons. The second kappa shape index (κ2) is 5.58. The summed E-state index contributed by atoms with van der Waals surface area (Å²) in [4.78, 5) is 2.25. The molecule has 1 aliphatic rings.